The van der Waals surface area contributed by atoms with Crippen LogP contribution in [0.5, 0.6) is 0 Å². The summed E-state index contributed by atoms with van der Waals surface area (Å²) in [5, 5.41) is 9.34. The molecule has 1 saturated heterocycles. The minimum absolute atomic E-state index is 0.142. The lowest BCUT2D eigenvalue weighted by Gasteiger charge is -2.11. The van der Waals surface area contributed by atoms with Gasteiger partial charge in [0, 0.05) is 18.0 Å². The summed E-state index contributed by atoms with van der Waals surface area (Å²) in [6.07, 6.45) is 0.945. The van der Waals surface area contributed by atoms with E-state index >= 15 is 0 Å². The molecule has 0 spiro atoms. The maximum absolute atomic E-state index is 13.4. The number of hydrogen-bond donors (Lipinski definition) is 2. The van der Waals surface area contributed by atoms with Crippen LogP contribution in [-0.2, 0) is 11.2 Å². The summed E-state index contributed by atoms with van der Waals surface area (Å²) in [4.78, 5) is 14.6. The van der Waals surface area contributed by atoms with Gasteiger partial charge in [-0.15, -0.1) is 0 Å². The lowest BCUT2D eigenvalue weighted by atomic mass is 10.1. The van der Waals surface area contributed by atoms with Crippen LogP contribution in [0.3, 0.4) is 0 Å². The number of carbonyl (C=O) groups excluding carboxylic acids is 1. The van der Waals surface area contributed by atoms with Gasteiger partial charge < -0.3 is 10.6 Å². The van der Waals surface area contributed by atoms with Crippen molar-refractivity contribution in [1.82, 2.24) is 10.6 Å². The van der Waals surface area contributed by atoms with Crippen molar-refractivity contribution in [3.63, 3.8) is 0 Å². The van der Waals surface area contributed by atoms with Gasteiger partial charge in [-0.2, -0.15) is 0 Å². The highest BCUT2D eigenvalue weighted by Gasteiger charge is 2.28. The molecule has 1 aliphatic heterocycles. The lowest BCUT2D eigenvalue weighted by molar-refractivity contribution is -0.122. The number of nitrogens with zero attached hydrogens (tertiary/aromatic N) is 3. The quantitative estimate of drug-likeness (QED) is 0.485. The fourth-order valence-corrected chi connectivity index (χ4v) is 2.22. The Kier molecular flexibility index (Phi) is 4.92. The number of azide groups is 1. The molecule has 0 aromatic heterocycles. The third-order valence-electron chi connectivity index (χ3n) is 3.29. The first-order valence-electron chi connectivity index (χ1n) is 6.49. The molecule has 106 valence electrons. The molecule has 6 nitrogen and oxygen atoms in total. The van der Waals surface area contributed by atoms with E-state index in [2.05, 4.69) is 20.7 Å². The van der Waals surface area contributed by atoms with E-state index < -0.39 is 0 Å². The molecule has 1 aromatic carbocycles. The van der Waals surface area contributed by atoms with E-state index in [4.69, 9.17) is 5.53 Å². The van der Waals surface area contributed by atoms with E-state index in [-0.39, 0.29) is 23.8 Å². The lowest BCUT2D eigenvalue weighted by Crippen LogP contribution is -2.41. The maximum Gasteiger partial charge on any atom is 0.237 e. The summed E-state index contributed by atoms with van der Waals surface area (Å²) in [7, 11) is 0. The Morgan fingerprint density at radius 3 is 3.10 bits per heavy atom. The summed E-state index contributed by atoms with van der Waals surface area (Å²) < 4.78 is 13.4. The summed E-state index contributed by atoms with van der Waals surface area (Å²) in [6.45, 7) is 0.888. The summed E-state index contributed by atoms with van der Waals surface area (Å²) in [6, 6.07) is 5.99. The van der Waals surface area contributed by atoms with E-state index in [1.165, 1.54) is 6.07 Å². The van der Waals surface area contributed by atoms with Gasteiger partial charge in [0.25, 0.3) is 0 Å². The summed E-state index contributed by atoms with van der Waals surface area (Å²) >= 11 is 0. The van der Waals surface area contributed by atoms with Crippen LogP contribution in [0.1, 0.15) is 12.0 Å². The normalized spacial score (nSPS) is 21.2. The Hall–Kier alpha value is -2.11. The van der Waals surface area contributed by atoms with Crippen molar-refractivity contribution in [2.45, 2.75) is 24.9 Å². The topological polar surface area (TPSA) is 89.9 Å². The van der Waals surface area contributed by atoms with Crippen LogP contribution in [0.2, 0.25) is 0 Å². The van der Waals surface area contributed by atoms with E-state index in [9.17, 15) is 9.18 Å². The molecule has 20 heavy (non-hydrogen) atoms. The summed E-state index contributed by atoms with van der Waals surface area (Å²) in [5.41, 5.74) is 8.92. The Labute approximate surface area is 116 Å². The Balaban J connectivity index is 1.76. The summed E-state index contributed by atoms with van der Waals surface area (Å²) in [5.74, 6) is -0.402. The number of carbonyl (C=O) groups is 1. The van der Waals surface area contributed by atoms with Crippen LogP contribution < -0.4 is 10.6 Å². The first-order valence-corrected chi connectivity index (χ1v) is 6.49. The predicted molar refractivity (Wildman–Crippen MR) is 72.5 cm³/mol. The van der Waals surface area contributed by atoms with Gasteiger partial charge in [0.15, 0.2) is 0 Å². The second-order valence-corrected chi connectivity index (χ2v) is 4.69. The molecule has 0 aliphatic carbocycles. The molecule has 2 atom stereocenters. The molecule has 1 amide bonds. The van der Waals surface area contributed by atoms with Crippen molar-refractivity contribution >= 4 is 5.91 Å². The van der Waals surface area contributed by atoms with Crippen LogP contribution in [0.25, 0.3) is 10.4 Å². The fourth-order valence-electron chi connectivity index (χ4n) is 2.22. The molecule has 0 radical (unpaired) electrons. The van der Waals surface area contributed by atoms with Gasteiger partial charge in [-0.25, -0.2) is 4.39 Å². The molecular formula is C13H16FN5O. The molecule has 0 saturated carbocycles. The molecule has 0 unspecified atom stereocenters. The van der Waals surface area contributed by atoms with Crippen molar-refractivity contribution in [2.75, 3.05) is 13.1 Å². The molecule has 0 bridgehead atoms. The zero-order valence-electron chi connectivity index (χ0n) is 10.9. The molecular weight excluding hydrogens is 261 g/mol. The smallest absolute Gasteiger partial charge is 0.237 e. The Morgan fingerprint density at radius 1 is 1.55 bits per heavy atom. The minimum atomic E-state index is -0.342. The number of hydrogen-bond acceptors (Lipinski definition) is 3. The minimum Gasteiger partial charge on any atom is -0.354 e. The number of rotatable bonds is 5. The standard InChI is InChI=1S/C13H16FN5O/c14-11-4-2-1-3-9(11)5-6-16-13(20)12-7-10(8-17-12)18-19-15/h1-4,10,12,17H,5-8H2,(H,16,20)/t10-,12+/m1/s1. The number of nitrogens with one attached hydrogen (secondary N) is 2. The monoisotopic (exact) mass is 277 g/mol. The van der Waals surface area contributed by atoms with Crippen molar-refractivity contribution in [3.8, 4) is 0 Å². The van der Waals surface area contributed by atoms with Crippen molar-refractivity contribution in [2.24, 2.45) is 5.11 Å². The molecule has 1 fully saturated rings. The number of amides is 1. The van der Waals surface area contributed by atoms with E-state index in [0.29, 0.717) is 31.5 Å². The molecule has 1 aromatic rings. The highest BCUT2D eigenvalue weighted by molar-refractivity contribution is 5.82. The van der Waals surface area contributed by atoms with E-state index in [1.807, 2.05) is 0 Å². The largest absolute Gasteiger partial charge is 0.354 e. The van der Waals surface area contributed by atoms with Gasteiger partial charge in [0.05, 0.1) is 12.1 Å². The molecule has 2 N–H and O–H groups in total. The second-order valence-electron chi connectivity index (χ2n) is 4.69. The van der Waals surface area contributed by atoms with Crippen LogP contribution in [0.15, 0.2) is 29.4 Å². The fraction of sp³-hybridized carbons (Fsp3) is 0.462. The molecule has 7 heteroatoms. The first-order chi connectivity index (χ1) is 9.70. The average Bonchev–Trinajstić information content (AvgIpc) is 2.90. The van der Waals surface area contributed by atoms with Crippen LogP contribution in [-0.4, -0.2) is 31.1 Å². The molecule has 2 rings (SSSR count). The third kappa shape index (κ3) is 3.69. The predicted octanol–water partition coefficient (Wildman–Crippen LogP) is 1.53. The molecule has 1 aliphatic rings. The average molecular weight is 277 g/mol. The van der Waals surface area contributed by atoms with Crippen LogP contribution in [0, 0.1) is 5.82 Å². The second kappa shape index (κ2) is 6.88. The third-order valence-corrected chi connectivity index (χ3v) is 3.29. The zero-order chi connectivity index (χ0) is 14.4. The van der Waals surface area contributed by atoms with Crippen LogP contribution >= 0.6 is 0 Å². The van der Waals surface area contributed by atoms with Crippen molar-refractivity contribution in [1.29, 1.82) is 0 Å². The van der Waals surface area contributed by atoms with E-state index in [1.54, 1.807) is 18.2 Å². The van der Waals surface area contributed by atoms with Crippen molar-refractivity contribution < 1.29 is 9.18 Å². The van der Waals surface area contributed by atoms with Crippen molar-refractivity contribution in [3.05, 3.63) is 46.1 Å². The van der Waals surface area contributed by atoms with Gasteiger partial charge in [-0.05, 0) is 30.0 Å². The number of halogens is 1. The van der Waals surface area contributed by atoms with Gasteiger partial charge in [0.1, 0.15) is 5.82 Å². The van der Waals surface area contributed by atoms with Gasteiger partial charge in [-0.3, -0.25) is 4.79 Å². The maximum atomic E-state index is 13.4. The van der Waals surface area contributed by atoms with E-state index in [0.717, 1.165) is 0 Å². The van der Waals surface area contributed by atoms with Gasteiger partial charge in [0.2, 0.25) is 5.91 Å². The highest BCUT2D eigenvalue weighted by Crippen LogP contribution is 2.11. The highest BCUT2D eigenvalue weighted by atomic mass is 19.1. The molecule has 1 heterocycles. The Bertz CT molecular complexity index is 529. The van der Waals surface area contributed by atoms with Crippen LogP contribution in [0.4, 0.5) is 4.39 Å². The SMILES string of the molecule is [N-]=[N+]=N[C@H]1CN[C@H](C(=O)NCCc2ccccc2F)C1. The number of benzene rings is 1. The van der Waals surface area contributed by atoms with Gasteiger partial charge in [-0.1, -0.05) is 23.3 Å². The zero-order valence-corrected chi connectivity index (χ0v) is 10.9. The Morgan fingerprint density at radius 2 is 2.35 bits per heavy atom. The van der Waals surface area contributed by atoms with Gasteiger partial charge >= 0.3 is 0 Å². The first kappa shape index (κ1) is 14.3.